The zero-order valence-corrected chi connectivity index (χ0v) is 16.5. The molecule has 0 amide bonds. The molecule has 3 aromatic rings. The van der Waals surface area contributed by atoms with Crippen LogP contribution < -0.4 is 4.74 Å². The third kappa shape index (κ3) is 4.89. The summed E-state index contributed by atoms with van der Waals surface area (Å²) in [7, 11) is -2.42. The van der Waals surface area contributed by atoms with Gasteiger partial charge in [0, 0.05) is 19.7 Å². The number of rotatable bonds is 8. The monoisotopic (exact) mass is 416 g/mol. The lowest BCUT2D eigenvalue weighted by molar-refractivity contribution is -0.384. The number of non-ortho nitro benzene ring substituents is 1. The van der Waals surface area contributed by atoms with E-state index in [2.05, 4.69) is 0 Å². The van der Waals surface area contributed by atoms with Crippen molar-refractivity contribution in [2.45, 2.75) is 11.0 Å². The van der Waals surface area contributed by atoms with Gasteiger partial charge in [0.25, 0.3) is 5.69 Å². The van der Waals surface area contributed by atoms with E-state index in [1.54, 1.807) is 12.1 Å². The molecule has 0 aliphatic heterocycles. The standard InChI is InChI=1S/C20H20N2O6S/c1-21(13-18(23)14-28-19-8-4-7-17(12-19)22(24)25)29(26,27)20-10-9-15-5-2-3-6-16(15)11-20/h2-12,18,23H,13-14H2,1H3/t18-/m0/s1. The highest BCUT2D eigenvalue weighted by atomic mass is 32.2. The van der Waals surface area contributed by atoms with Crippen LogP contribution in [0, 0.1) is 10.1 Å². The maximum atomic E-state index is 12.8. The molecule has 1 N–H and O–H groups in total. The van der Waals surface area contributed by atoms with Crippen molar-refractivity contribution in [3.8, 4) is 5.75 Å². The quantitative estimate of drug-likeness (QED) is 0.447. The summed E-state index contributed by atoms with van der Waals surface area (Å²) < 4.78 is 32.0. The Labute approximate surface area is 168 Å². The molecule has 29 heavy (non-hydrogen) atoms. The van der Waals surface area contributed by atoms with Gasteiger partial charge in [-0.05, 0) is 29.0 Å². The lowest BCUT2D eigenvalue weighted by Gasteiger charge is -2.21. The maximum Gasteiger partial charge on any atom is 0.273 e. The van der Waals surface area contributed by atoms with Crippen molar-refractivity contribution in [2.24, 2.45) is 0 Å². The van der Waals surface area contributed by atoms with Crippen molar-refractivity contribution in [1.29, 1.82) is 0 Å². The smallest absolute Gasteiger partial charge is 0.273 e. The van der Waals surface area contributed by atoms with Gasteiger partial charge < -0.3 is 9.84 Å². The second-order valence-corrected chi connectivity index (χ2v) is 8.56. The number of aliphatic hydroxyl groups excluding tert-OH is 1. The van der Waals surface area contributed by atoms with Crippen molar-refractivity contribution in [3.05, 3.63) is 76.8 Å². The van der Waals surface area contributed by atoms with E-state index in [-0.39, 0.29) is 29.5 Å². The minimum Gasteiger partial charge on any atom is -0.491 e. The van der Waals surface area contributed by atoms with Crippen LogP contribution in [0.1, 0.15) is 0 Å². The van der Waals surface area contributed by atoms with Gasteiger partial charge in [-0.15, -0.1) is 0 Å². The van der Waals surface area contributed by atoms with E-state index in [9.17, 15) is 23.6 Å². The number of hydrogen-bond acceptors (Lipinski definition) is 6. The molecule has 0 aliphatic rings. The van der Waals surface area contributed by atoms with Gasteiger partial charge >= 0.3 is 0 Å². The number of nitrogens with zero attached hydrogens (tertiary/aromatic N) is 2. The molecule has 152 valence electrons. The van der Waals surface area contributed by atoms with Crippen LogP contribution in [-0.2, 0) is 10.0 Å². The minimum absolute atomic E-state index is 0.130. The van der Waals surface area contributed by atoms with E-state index >= 15 is 0 Å². The number of fused-ring (bicyclic) bond motifs is 1. The maximum absolute atomic E-state index is 12.8. The summed E-state index contributed by atoms with van der Waals surface area (Å²) in [6, 6.07) is 17.8. The van der Waals surface area contributed by atoms with Crippen LogP contribution in [0.15, 0.2) is 71.6 Å². The van der Waals surface area contributed by atoms with E-state index in [0.29, 0.717) is 0 Å². The number of likely N-dealkylation sites (N-methyl/N-ethyl adjacent to an activating group) is 1. The van der Waals surface area contributed by atoms with Crippen LogP contribution in [0.4, 0.5) is 5.69 Å². The first-order valence-corrected chi connectivity index (χ1v) is 10.2. The van der Waals surface area contributed by atoms with Crippen molar-refractivity contribution >= 4 is 26.5 Å². The van der Waals surface area contributed by atoms with Crippen molar-refractivity contribution in [2.75, 3.05) is 20.2 Å². The van der Waals surface area contributed by atoms with Gasteiger partial charge in [0.05, 0.1) is 15.9 Å². The molecule has 0 radical (unpaired) electrons. The van der Waals surface area contributed by atoms with Gasteiger partial charge in [0.1, 0.15) is 18.5 Å². The lowest BCUT2D eigenvalue weighted by Crippen LogP contribution is -2.37. The van der Waals surface area contributed by atoms with E-state index < -0.39 is 21.1 Å². The summed E-state index contributed by atoms with van der Waals surface area (Å²) >= 11 is 0. The van der Waals surface area contributed by atoms with Crippen LogP contribution in [-0.4, -0.2) is 49.1 Å². The largest absolute Gasteiger partial charge is 0.491 e. The fraction of sp³-hybridized carbons (Fsp3) is 0.200. The van der Waals surface area contributed by atoms with Crippen LogP contribution in [0.3, 0.4) is 0 Å². The fourth-order valence-electron chi connectivity index (χ4n) is 2.83. The lowest BCUT2D eigenvalue weighted by atomic mass is 10.1. The number of benzene rings is 3. The Balaban J connectivity index is 1.65. The number of sulfonamides is 1. The van der Waals surface area contributed by atoms with Gasteiger partial charge in [-0.3, -0.25) is 10.1 Å². The van der Waals surface area contributed by atoms with Crippen molar-refractivity contribution in [3.63, 3.8) is 0 Å². The molecule has 0 saturated heterocycles. The zero-order chi connectivity index (χ0) is 21.0. The van der Waals surface area contributed by atoms with Gasteiger partial charge in [-0.2, -0.15) is 4.31 Å². The zero-order valence-electron chi connectivity index (χ0n) is 15.6. The molecule has 3 aromatic carbocycles. The predicted octanol–water partition coefficient (Wildman–Crippen LogP) is 2.81. The molecule has 0 bridgehead atoms. The Morgan fingerprint density at radius 1 is 1.07 bits per heavy atom. The highest BCUT2D eigenvalue weighted by Gasteiger charge is 2.23. The molecule has 0 unspecified atom stereocenters. The molecule has 0 aliphatic carbocycles. The molecule has 0 fully saturated rings. The first-order valence-electron chi connectivity index (χ1n) is 8.78. The normalized spacial score (nSPS) is 12.8. The molecule has 1 atom stereocenters. The van der Waals surface area contributed by atoms with Gasteiger partial charge in [0.2, 0.25) is 10.0 Å². The molecule has 0 spiro atoms. The van der Waals surface area contributed by atoms with Crippen LogP contribution in [0.2, 0.25) is 0 Å². The van der Waals surface area contributed by atoms with Gasteiger partial charge in [-0.25, -0.2) is 8.42 Å². The number of nitro benzene ring substituents is 1. The SMILES string of the molecule is CN(C[C@H](O)COc1cccc([N+](=O)[O-])c1)S(=O)(=O)c1ccc2ccccc2c1. The van der Waals surface area contributed by atoms with Crippen molar-refractivity contribution in [1.82, 2.24) is 4.31 Å². The summed E-state index contributed by atoms with van der Waals surface area (Å²) in [5, 5.41) is 22.7. The Morgan fingerprint density at radius 3 is 2.52 bits per heavy atom. The molecular weight excluding hydrogens is 396 g/mol. The summed E-state index contributed by atoms with van der Waals surface area (Å²) in [5.74, 6) is 0.221. The Morgan fingerprint density at radius 2 is 1.79 bits per heavy atom. The number of hydrogen-bond donors (Lipinski definition) is 1. The third-order valence-corrected chi connectivity index (χ3v) is 6.19. The molecule has 0 heterocycles. The van der Waals surface area contributed by atoms with Crippen LogP contribution in [0.25, 0.3) is 10.8 Å². The summed E-state index contributed by atoms with van der Waals surface area (Å²) in [5.41, 5.74) is -0.131. The number of aliphatic hydroxyl groups is 1. The highest BCUT2D eigenvalue weighted by molar-refractivity contribution is 7.89. The molecule has 9 heteroatoms. The molecule has 8 nitrogen and oxygen atoms in total. The summed E-state index contributed by atoms with van der Waals surface area (Å²) in [6.45, 7) is -0.400. The third-order valence-electron chi connectivity index (χ3n) is 4.37. The van der Waals surface area contributed by atoms with E-state index in [1.807, 2.05) is 24.3 Å². The second-order valence-electron chi connectivity index (χ2n) is 6.51. The minimum atomic E-state index is -3.80. The number of ether oxygens (including phenoxy) is 1. The van der Waals surface area contributed by atoms with E-state index in [1.165, 1.54) is 37.4 Å². The van der Waals surface area contributed by atoms with E-state index in [4.69, 9.17) is 4.74 Å². The summed E-state index contributed by atoms with van der Waals surface area (Å²) in [6.07, 6.45) is -1.12. The van der Waals surface area contributed by atoms with Gasteiger partial charge in [-0.1, -0.05) is 36.4 Å². The molecule has 0 aromatic heterocycles. The molecule has 3 rings (SSSR count). The molecular formula is C20H20N2O6S. The first-order chi connectivity index (χ1) is 13.8. The molecule has 0 saturated carbocycles. The number of nitro groups is 1. The Bertz CT molecular complexity index is 1130. The Kier molecular flexibility index (Phi) is 6.12. The Hall–Kier alpha value is -3.01. The highest BCUT2D eigenvalue weighted by Crippen LogP contribution is 2.22. The average Bonchev–Trinajstić information content (AvgIpc) is 2.72. The van der Waals surface area contributed by atoms with Gasteiger partial charge in [0.15, 0.2) is 0 Å². The predicted molar refractivity (Wildman–Crippen MR) is 108 cm³/mol. The first kappa shape index (κ1) is 20.7. The fourth-order valence-corrected chi connectivity index (χ4v) is 4.08. The topological polar surface area (TPSA) is 110 Å². The average molecular weight is 416 g/mol. The van der Waals surface area contributed by atoms with E-state index in [0.717, 1.165) is 15.1 Å². The van der Waals surface area contributed by atoms with Crippen molar-refractivity contribution < 1.29 is 23.2 Å². The van der Waals surface area contributed by atoms with Crippen LogP contribution in [0.5, 0.6) is 5.75 Å². The van der Waals surface area contributed by atoms with Crippen LogP contribution >= 0.6 is 0 Å². The summed E-state index contributed by atoms with van der Waals surface area (Å²) in [4.78, 5) is 10.4. The second kappa shape index (κ2) is 8.56.